The summed E-state index contributed by atoms with van der Waals surface area (Å²) in [6.45, 7) is 1.19. The van der Waals surface area contributed by atoms with Crippen molar-refractivity contribution < 1.29 is 14.6 Å². The van der Waals surface area contributed by atoms with Crippen LogP contribution in [0, 0.1) is 28.6 Å². The number of hydrogen-bond donors (Lipinski definition) is 2. The zero-order valence-corrected chi connectivity index (χ0v) is 15.3. The summed E-state index contributed by atoms with van der Waals surface area (Å²) in [6, 6.07) is 10.9. The van der Waals surface area contributed by atoms with Crippen molar-refractivity contribution >= 4 is 5.82 Å². The number of benzene rings is 1. The maximum absolute atomic E-state index is 10.0. The van der Waals surface area contributed by atoms with Crippen LogP contribution in [-0.2, 0) is 9.47 Å². The van der Waals surface area contributed by atoms with Gasteiger partial charge in [0.2, 0.25) is 0 Å². The van der Waals surface area contributed by atoms with Crippen LogP contribution in [0.5, 0.6) is 5.75 Å². The molecule has 1 saturated carbocycles. The summed E-state index contributed by atoms with van der Waals surface area (Å²) in [5.74, 6) is 5.87. The van der Waals surface area contributed by atoms with Crippen LogP contribution < -0.4 is 5.73 Å². The van der Waals surface area contributed by atoms with Crippen molar-refractivity contribution in [2.24, 2.45) is 5.41 Å². The summed E-state index contributed by atoms with van der Waals surface area (Å²) in [5.41, 5.74) is 6.66. The molecule has 0 atom stereocenters. The van der Waals surface area contributed by atoms with E-state index in [-0.39, 0.29) is 11.6 Å². The number of phenols is 1. The predicted molar refractivity (Wildman–Crippen MR) is 102 cm³/mol. The number of nitrogen functional groups attached to an aromatic ring is 1. The van der Waals surface area contributed by atoms with Crippen LogP contribution >= 0.6 is 0 Å². The molecule has 0 unspecified atom stereocenters. The van der Waals surface area contributed by atoms with Crippen molar-refractivity contribution in [1.82, 2.24) is 10.2 Å². The van der Waals surface area contributed by atoms with E-state index in [1.165, 1.54) is 0 Å². The standard InChI is InChI=1S/C21H20N4O3/c22-14-20(7-9-21(10-8-20)27-11-12-28-21)6-5-15-13-17(24-25-19(15)23)16-3-1-2-4-18(16)26/h1-4,13,26H,7-12H2,(H2,23,25). The van der Waals surface area contributed by atoms with Crippen molar-refractivity contribution in [1.29, 1.82) is 5.26 Å². The van der Waals surface area contributed by atoms with Gasteiger partial charge in [-0.15, -0.1) is 10.2 Å². The fourth-order valence-electron chi connectivity index (χ4n) is 3.62. The average Bonchev–Trinajstić information content (AvgIpc) is 3.18. The fourth-order valence-corrected chi connectivity index (χ4v) is 3.62. The molecule has 7 nitrogen and oxygen atoms in total. The first-order valence-electron chi connectivity index (χ1n) is 9.19. The number of nitriles is 1. The van der Waals surface area contributed by atoms with E-state index < -0.39 is 11.2 Å². The Hall–Kier alpha value is -3.13. The first kappa shape index (κ1) is 18.2. The summed E-state index contributed by atoms with van der Waals surface area (Å²) in [7, 11) is 0. The van der Waals surface area contributed by atoms with Gasteiger partial charge in [-0.3, -0.25) is 0 Å². The maximum Gasteiger partial charge on any atom is 0.168 e. The summed E-state index contributed by atoms with van der Waals surface area (Å²) in [4.78, 5) is 0. The highest BCUT2D eigenvalue weighted by Gasteiger charge is 2.46. The minimum absolute atomic E-state index is 0.100. The Kier molecular flexibility index (Phi) is 4.64. The smallest absolute Gasteiger partial charge is 0.168 e. The third-order valence-electron chi connectivity index (χ3n) is 5.33. The Morgan fingerprint density at radius 1 is 1.07 bits per heavy atom. The van der Waals surface area contributed by atoms with E-state index >= 15 is 0 Å². The van der Waals surface area contributed by atoms with Gasteiger partial charge in [-0.2, -0.15) is 5.26 Å². The van der Waals surface area contributed by atoms with Gasteiger partial charge in [0.05, 0.1) is 30.5 Å². The van der Waals surface area contributed by atoms with Crippen LogP contribution in [0.3, 0.4) is 0 Å². The van der Waals surface area contributed by atoms with Crippen molar-refractivity contribution in [2.75, 3.05) is 18.9 Å². The van der Waals surface area contributed by atoms with Gasteiger partial charge in [0, 0.05) is 18.4 Å². The number of anilines is 1. The lowest BCUT2D eigenvalue weighted by atomic mass is 9.73. The molecule has 142 valence electrons. The molecular formula is C21H20N4O3. The molecule has 1 saturated heterocycles. The van der Waals surface area contributed by atoms with E-state index in [4.69, 9.17) is 15.2 Å². The highest BCUT2D eigenvalue weighted by molar-refractivity contribution is 5.69. The van der Waals surface area contributed by atoms with E-state index in [1.807, 2.05) is 0 Å². The first-order chi connectivity index (χ1) is 13.5. The van der Waals surface area contributed by atoms with E-state index in [1.54, 1.807) is 30.3 Å². The molecular weight excluding hydrogens is 356 g/mol. The van der Waals surface area contributed by atoms with Crippen molar-refractivity contribution in [3.63, 3.8) is 0 Å². The minimum atomic E-state index is -0.773. The Bertz CT molecular complexity index is 987. The molecule has 1 spiro atoms. The van der Waals surface area contributed by atoms with Crippen LogP contribution in [0.15, 0.2) is 30.3 Å². The lowest BCUT2D eigenvalue weighted by Crippen LogP contribution is -2.39. The van der Waals surface area contributed by atoms with Crippen molar-refractivity contribution in [2.45, 2.75) is 31.5 Å². The van der Waals surface area contributed by atoms with Crippen LogP contribution in [0.2, 0.25) is 0 Å². The third-order valence-corrected chi connectivity index (χ3v) is 5.33. The highest BCUT2D eigenvalue weighted by atomic mass is 16.7. The number of ether oxygens (including phenoxy) is 2. The van der Waals surface area contributed by atoms with Crippen molar-refractivity contribution in [3.8, 4) is 34.9 Å². The van der Waals surface area contributed by atoms with Gasteiger partial charge in [-0.1, -0.05) is 24.0 Å². The van der Waals surface area contributed by atoms with Gasteiger partial charge in [-0.25, -0.2) is 0 Å². The molecule has 2 heterocycles. The highest BCUT2D eigenvalue weighted by Crippen LogP contribution is 2.44. The lowest BCUT2D eigenvalue weighted by molar-refractivity contribution is -0.183. The summed E-state index contributed by atoms with van der Waals surface area (Å²) < 4.78 is 11.5. The molecule has 2 aromatic rings. The molecule has 4 rings (SSSR count). The second kappa shape index (κ2) is 7.12. The molecule has 2 aliphatic rings. The molecule has 0 bridgehead atoms. The molecule has 28 heavy (non-hydrogen) atoms. The molecule has 0 radical (unpaired) electrons. The normalized spacial score (nSPS) is 19.5. The number of hydrogen-bond acceptors (Lipinski definition) is 7. The molecule has 3 N–H and O–H groups in total. The molecule has 0 amide bonds. The van der Waals surface area contributed by atoms with E-state index in [0.717, 1.165) is 0 Å². The SMILES string of the molecule is N#CC1(C#Cc2cc(-c3ccccc3O)nnc2N)CCC2(CC1)OCCO2. The van der Waals surface area contributed by atoms with Gasteiger partial charge in [-0.05, 0) is 31.0 Å². The van der Waals surface area contributed by atoms with Gasteiger partial charge in [0.15, 0.2) is 11.6 Å². The van der Waals surface area contributed by atoms with Crippen LogP contribution in [-0.4, -0.2) is 34.3 Å². The molecule has 7 heteroatoms. The minimum Gasteiger partial charge on any atom is -0.507 e. The van der Waals surface area contributed by atoms with Crippen LogP contribution in [0.1, 0.15) is 31.2 Å². The van der Waals surface area contributed by atoms with Gasteiger partial charge in [0.1, 0.15) is 11.2 Å². The Morgan fingerprint density at radius 2 is 1.79 bits per heavy atom. The van der Waals surface area contributed by atoms with E-state index in [9.17, 15) is 10.4 Å². The zero-order chi connectivity index (χ0) is 19.6. The fraction of sp³-hybridized carbons (Fsp3) is 0.381. The first-order valence-corrected chi connectivity index (χ1v) is 9.19. The van der Waals surface area contributed by atoms with E-state index in [0.29, 0.717) is 55.7 Å². The Balaban J connectivity index is 1.61. The largest absolute Gasteiger partial charge is 0.507 e. The van der Waals surface area contributed by atoms with Gasteiger partial charge in [0.25, 0.3) is 0 Å². The number of aromatic hydroxyl groups is 1. The van der Waals surface area contributed by atoms with Gasteiger partial charge >= 0.3 is 0 Å². The van der Waals surface area contributed by atoms with Crippen molar-refractivity contribution in [3.05, 3.63) is 35.9 Å². The summed E-state index contributed by atoms with van der Waals surface area (Å²) in [5, 5.41) is 27.8. The monoisotopic (exact) mass is 376 g/mol. The second-order valence-electron chi connectivity index (χ2n) is 7.10. The number of phenolic OH excluding ortho intramolecular Hbond substituents is 1. The Morgan fingerprint density at radius 3 is 2.46 bits per heavy atom. The van der Waals surface area contributed by atoms with Gasteiger partial charge < -0.3 is 20.3 Å². The maximum atomic E-state index is 10.0. The van der Waals surface area contributed by atoms with Crippen LogP contribution in [0.25, 0.3) is 11.3 Å². The predicted octanol–water partition coefficient (Wildman–Crippen LogP) is 2.61. The summed E-state index contributed by atoms with van der Waals surface area (Å²) in [6.07, 6.45) is 2.42. The molecule has 2 fully saturated rings. The number of para-hydroxylation sites is 1. The number of aromatic nitrogens is 2. The van der Waals surface area contributed by atoms with Crippen LogP contribution in [0.4, 0.5) is 5.82 Å². The Labute approximate surface area is 163 Å². The second-order valence-corrected chi connectivity index (χ2v) is 7.10. The topological polar surface area (TPSA) is 114 Å². The summed E-state index contributed by atoms with van der Waals surface area (Å²) >= 11 is 0. The lowest BCUT2D eigenvalue weighted by Gasteiger charge is -2.37. The van der Waals surface area contributed by atoms with E-state index in [2.05, 4.69) is 28.1 Å². The number of rotatable bonds is 1. The third kappa shape index (κ3) is 3.38. The quantitative estimate of drug-likeness (QED) is 0.735. The molecule has 1 aromatic heterocycles. The number of nitrogens with zero attached hydrogens (tertiary/aromatic N) is 3. The molecule has 1 aromatic carbocycles. The molecule has 1 aliphatic carbocycles. The molecule has 1 aliphatic heterocycles. The average molecular weight is 376 g/mol. The number of nitrogens with two attached hydrogens (primary N) is 1. The zero-order valence-electron chi connectivity index (χ0n) is 15.3.